The zero-order valence-corrected chi connectivity index (χ0v) is 7.29. The first kappa shape index (κ1) is 11.2. The molecule has 0 bridgehead atoms. The highest BCUT2D eigenvalue weighted by Crippen LogP contribution is 2.22. The van der Waals surface area contributed by atoms with Gasteiger partial charge in [0.25, 0.3) is 0 Å². The third-order valence-corrected chi connectivity index (χ3v) is 1.98. The lowest BCUT2D eigenvalue weighted by Crippen LogP contribution is -2.18. The first-order valence-electron chi connectivity index (χ1n) is 3.77. The number of hydrogen-bond acceptors (Lipinski definition) is 1. The van der Waals surface area contributed by atoms with Gasteiger partial charge in [0.15, 0.2) is 0 Å². The molecule has 0 aliphatic rings. The van der Waals surface area contributed by atoms with Crippen molar-refractivity contribution < 1.29 is 4.74 Å². The maximum Gasteiger partial charge on any atom is 0.0871 e. The van der Waals surface area contributed by atoms with Gasteiger partial charge in [0.1, 0.15) is 0 Å². The lowest BCUT2D eigenvalue weighted by atomic mass is 9.98. The molecular weight excluding hydrogens is 148 g/mol. The Bertz CT molecular complexity index is 214. The summed E-state index contributed by atoms with van der Waals surface area (Å²) in [6, 6.07) is 10.2. The van der Waals surface area contributed by atoms with Crippen molar-refractivity contribution in [2.45, 2.75) is 26.9 Å². The zero-order valence-electron chi connectivity index (χ0n) is 7.29. The molecule has 0 fully saturated rings. The molecule has 0 N–H and O–H groups in total. The van der Waals surface area contributed by atoms with Crippen molar-refractivity contribution in [3.05, 3.63) is 35.9 Å². The van der Waals surface area contributed by atoms with Gasteiger partial charge in [0.05, 0.1) is 5.60 Å². The second kappa shape index (κ2) is 4.27. The van der Waals surface area contributed by atoms with E-state index in [-0.39, 0.29) is 13.0 Å². The molecule has 1 heteroatoms. The number of hydrogen-bond donors (Lipinski definition) is 0. The first-order valence-corrected chi connectivity index (χ1v) is 3.77. The van der Waals surface area contributed by atoms with Gasteiger partial charge in [0, 0.05) is 7.11 Å². The second-order valence-corrected chi connectivity index (χ2v) is 3.08. The monoisotopic (exact) mass is 166 g/mol. The fourth-order valence-electron chi connectivity index (χ4n) is 0.957. The Hall–Kier alpha value is -0.820. The summed E-state index contributed by atoms with van der Waals surface area (Å²) in [7, 11) is 1.73. The van der Waals surface area contributed by atoms with Crippen LogP contribution in [-0.4, -0.2) is 7.11 Å². The fourth-order valence-corrected chi connectivity index (χ4v) is 0.957. The van der Waals surface area contributed by atoms with Gasteiger partial charge in [-0.05, 0) is 19.4 Å². The second-order valence-electron chi connectivity index (χ2n) is 3.08. The fraction of sp³-hybridized carbons (Fsp3) is 0.455. The van der Waals surface area contributed by atoms with Crippen LogP contribution in [0.2, 0.25) is 0 Å². The molecule has 1 aromatic rings. The van der Waals surface area contributed by atoms with Crippen molar-refractivity contribution in [1.29, 1.82) is 0 Å². The van der Waals surface area contributed by atoms with E-state index in [1.54, 1.807) is 7.11 Å². The summed E-state index contributed by atoms with van der Waals surface area (Å²) < 4.78 is 5.32. The zero-order chi connectivity index (χ0) is 8.32. The predicted molar refractivity (Wildman–Crippen MR) is 53.2 cm³/mol. The molecule has 0 spiro atoms. The van der Waals surface area contributed by atoms with E-state index in [4.69, 9.17) is 4.74 Å². The summed E-state index contributed by atoms with van der Waals surface area (Å²) in [6.07, 6.45) is 0. The minimum atomic E-state index is -0.165. The quantitative estimate of drug-likeness (QED) is 0.655. The number of benzene rings is 1. The molecule has 0 saturated carbocycles. The van der Waals surface area contributed by atoms with Gasteiger partial charge >= 0.3 is 0 Å². The molecule has 0 radical (unpaired) electrons. The highest BCUT2D eigenvalue weighted by molar-refractivity contribution is 5.20. The van der Waals surface area contributed by atoms with E-state index >= 15 is 0 Å². The normalized spacial score (nSPS) is 10.6. The summed E-state index contributed by atoms with van der Waals surface area (Å²) in [6.45, 7) is 4.12. The van der Waals surface area contributed by atoms with Crippen molar-refractivity contribution in [2.75, 3.05) is 7.11 Å². The number of methoxy groups -OCH3 is 1. The largest absolute Gasteiger partial charge is 0.374 e. The van der Waals surface area contributed by atoms with Gasteiger partial charge in [-0.25, -0.2) is 0 Å². The topological polar surface area (TPSA) is 9.23 Å². The summed E-state index contributed by atoms with van der Waals surface area (Å²) in [5.41, 5.74) is 1.05. The van der Waals surface area contributed by atoms with Crippen molar-refractivity contribution in [1.82, 2.24) is 0 Å². The summed E-state index contributed by atoms with van der Waals surface area (Å²) in [4.78, 5) is 0. The van der Waals surface area contributed by atoms with Crippen LogP contribution in [0.3, 0.4) is 0 Å². The lowest BCUT2D eigenvalue weighted by Gasteiger charge is -2.22. The molecule has 1 aromatic carbocycles. The third kappa shape index (κ3) is 2.35. The van der Waals surface area contributed by atoms with Crippen LogP contribution >= 0.6 is 0 Å². The van der Waals surface area contributed by atoms with Crippen LogP contribution in [0.25, 0.3) is 0 Å². The maximum absolute atomic E-state index is 5.32. The molecule has 1 nitrogen and oxygen atoms in total. The van der Waals surface area contributed by atoms with Crippen LogP contribution in [0.15, 0.2) is 30.3 Å². The van der Waals surface area contributed by atoms with Crippen LogP contribution in [0, 0.1) is 0 Å². The Labute approximate surface area is 75.4 Å². The van der Waals surface area contributed by atoms with Gasteiger partial charge in [-0.1, -0.05) is 37.8 Å². The summed E-state index contributed by atoms with van der Waals surface area (Å²) in [5.74, 6) is 0. The van der Waals surface area contributed by atoms with Crippen molar-refractivity contribution in [2.24, 2.45) is 0 Å². The Morgan fingerprint density at radius 3 is 2.00 bits per heavy atom. The molecule has 0 aliphatic heterocycles. The predicted octanol–water partition coefficient (Wildman–Crippen LogP) is 3.20. The van der Waals surface area contributed by atoms with Gasteiger partial charge < -0.3 is 4.74 Å². The van der Waals surface area contributed by atoms with Crippen LogP contribution in [0.5, 0.6) is 0 Å². The van der Waals surface area contributed by atoms with Crippen LogP contribution in [-0.2, 0) is 10.3 Å². The average molecular weight is 166 g/mol. The number of rotatable bonds is 2. The van der Waals surface area contributed by atoms with E-state index in [0.29, 0.717) is 0 Å². The maximum atomic E-state index is 5.32. The van der Waals surface area contributed by atoms with E-state index in [9.17, 15) is 0 Å². The Kier molecular flexibility index (Phi) is 3.98. The molecule has 0 amide bonds. The average Bonchev–Trinajstić information content (AvgIpc) is 2.06. The third-order valence-electron chi connectivity index (χ3n) is 1.98. The van der Waals surface area contributed by atoms with Crippen molar-refractivity contribution >= 4 is 0 Å². The molecule has 0 aromatic heterocycles. The Balaban J connectivity index is 0.00000121. The molecule has 0 unspecified atom stereocenters. The molecule has 0 aliphatic carbocycles. The van der Waals surface area contributed by atoms with Gasteiger partial charge in [-0.2, -0.15) is 0 Å². The van der Waals surface area contributed by atoms with Crippen LogP contribution < -0.4 is 0 Å². The highest BCUT2D eigenvalue weighted by Gasteiger charge is 2.17. The standard InChI is InChI=1S/C10H14O.CH4/c1-10(2,11-3)9-7-5-4-6-8-9;/h4-8H,1-3H3;1H4. The van der Waals surface area contributed by atoms with Gasteiger partial charge in [-0.15, -0.1) is 0 Å². The SMILES string of the molecule is C.COC(C)(C)c1ccccc1. The Morgan fingerprint density at radius 2 is 1.58 bits per heavy atom. The number of ether oxygens (including phenoxy) is 1. The molecule has 0 heterocycles. The van der Waals surface area contributed by atoms with E-state index in [2.05, 4.69) is 26.0 Å². The van der Waals surface area contributed by atoms with Gasteiger partial charge in [-0.3, -0.25) is 0 Å². The van der Waals surface area contributed by atoms with E-state index in [1.807, 2.05) is 18.2 Å². The van der Waals surface area contributed by atoms with Crippen LogP contribution in [0.1, 0.15) is 26.8 Å². The van der Waals surface area contributed by atoms with E-state index < -0.39 is 0 Å². The highest BCUT2D eigenvalue weighted by atomic mass is 16.5. The van der Waals surface area contributed by atoms with Crippen LogP contribution in [0.4, 0.5) is 0 Å². The molecule has 12 heavy (non-hydrogen) atoms. The molecule has 0 saturated heterocycles. The molecule has 68 valence electrons. The molecule has 1 rings (SSSR count). The van der Waals surface area contributed by atoms with E-state index in [1.165, 1.54) is 5.56 Å². The molecular formula is C11H18O. The smallest absolute Gasteiger partial charge is 0.0871 e. The van der Waals surface area contributed by atoms with E-state index in [0.717, 1.165) is 0 Å². The minimum absolute atomic E-state index is 0. The summed E-state index contributed by atoms with van der Waals surface area (Å²) >= 11 is 0. The first-order chi connectivity index (χ1) is 5.17. The summed E-state index contributed by atoms with van der Waals surface area (Å²) in [5, 5.41) is 0. The minimum Gasteiger partial charge on any atom is -0.374 e. The van der Waals surface area contributed by atoms with Gasteiger partial charge in [0.2, 0.25) is 0 Å². The van der Waals surface area contributed by atoms with Crippen molar-refractivity contribution in [3.8, 4) is 0 Å². The Morgan fingerprint density at radius 1 is 1.08 bits per heavy atom. The lowest BCUT2D eigenvalue weighted by molar-refractivity contribution is 0.0192. The molecule has 0 atom stereocenters. The van der Waals surface area contributed by atoms with Crippen molar-refractivity contribution in [3.63, 3.8) is 0 Å².